The van der Waals surface area contributed by atoms with Crippen LogP contribution in [0.1, 0.15) is 95.0 Å². The molecule has 0 fully saturated rings. The molecule has 2 amide bonds. The molecular formula is C26H40FN3O3. The predicted molar refractivity (Wildman–Crippen MR) is 131 cm³/mol. The van der Waals surface area contributed by atoms with Crippen LogP contribution in [-0.4, -0.2) is 40.6 Å². The Morgan fingerprint density at radius 2 is 1.58 bits per heavy atom. The van der Waals surface area contributed by atoms with E-state index in [0.29, 0.717) is 17.4 Å². The second-order valence-corrected chi connectivity index (χ2v) is 8.93. The highest BCUT2D eigenvalue weighted by Gasteiger charge is 2.26. The number of unbranched alkanes of at least 4 members (excludes halogenated alkanes) is 10. The summed E-state index contributed by atoms with van der Waals surface area (Å²) in [5.41, 5.74) is 0.829. The van der Waals surface area contributed by atoms with Crippen molar-refractivity contribution in [3.8, 4) is 0 Å². The van der Waals surface area contributed by atoms with Crippen molar-refractivity contribution in [2.75, 3.05) is 6.54 Å². The molecule has 0 bridgehead atoms. The summed E-state index contributed by atoms with van der Waals surface area (Å²) in [4.78, 5) is 28.0. The van der Waals surface area contributed by atoms with Crippen molar-refractivity contribution in [1.29, 1.82) is 0 Å². The highest BCUT2D eigenvalue weighted by molar-refractivity contribution is 6.00. The molecule has 1 aromatic heterocycles. The summed E-state index contributed by atoms with van der Waals surface area (Å²) in [6.07, 6.45) is 12.5. The lowest BCUT2D eigenvalue weighted by molar-refractivity contribution is -0.125. The van der Waals surface area contributed by atoms with Crippen molar-refractivity contribution in [2.24, 2.45) is 0 Å². The fourth-order valence-corrected chi connectivity index (χ4v) is 3.96. The highest BCUT2D eigenvalue weighted by atomic mass is 19.1. The van der Waals surface area contributed by atoms with E-state index < -0.39 is 29.8 Å². The Bertz CT molecular complexity index is 866. The van der Waals surface area contributed by atoms with Crippen LogP contribution in [0.4, 0.5) is 4.39 Å². The minimum Gasteiger partial charge on any atom is -0.391 e. The molecule has 2 rings (SSSR count). The number of fused-ring (bicyclic) bond motifs is 1. The van der Waals surface area contributed by atoms with Gasteiger partial charge in [0.15, 0.2) is 0 Å². The summed E-state index contributed by atoms with van der Waals surface area (Å²) in [5, 5.41) is 16.0. The minimum atomic E-state index is -1.06. The second-order valence-electron chi connectivity index (χ2n) is 8.93. The molecule has 0 saturated carbocycles. The van der Waals surface area contributed by atoms with Crippen molar-refractivity contribution in [1.82, 2.24) is 15.6 Å². The topological polar surface area (TPSA) is 94.2 Å². The number of aromatic nitrogens is 1. The Balaban J connectivity index is 1.66. The molecule has 6 nitrogen and oxygen atoms in total. The maximum absolute atomic E-state index is 13.4. The zero-order valence-electron chi connectivity index (χ0n) is 20.1. The molecule has 2 atom stereocenters. The molecule has 1 aromatic carbocycles. The number of nitrogens with one attached hydrogen (secondary N) is 3. The van der Waals surface area contributed by atoms with E-state index in [1.165, 1.54) is 76.5 Å². The van der Waals surface area contributed by atoms with E-state index in [9.17, 15) is 19.1 Å². The van der Waals surface area contributed by atoms with E-state index in [0.717, 1.165) is 19.3 Å². The van der Waals surface area contributed by atoms with Gasteiger partial charge in [0, 0.05) is 17.4 Å². The number of amides is 2. The van der Waals surface area contributed by atoms with Gasteiger partial charge in [0.25, 0.3) is 5.91 Å². The van der Waals surface area contributed by atoms with Crippen LogP contribution in [0.25, 0.3) is 10.9 Å². The molecule has 2 aromatic rings. The van der Waals surface area contributed by atoms with Crippen molar-refractivity contribution in [2.45, 2.75) is 96.6 Å². The molecule has 7 heteroatoms. The summed E-state index contributed by atoms with van der Waals surface area (Å²) >= 11 is 0. The first kappa shape index (κ1) is 26.8. The van der Waals surface area contributed by atoms with Gasteiger partial charge in [0.1, 0.15) is 17.6 Å². The third kappa shape index (κ3) is 9.54. The van der Waals surface area contributed by atoms with Gasteiger partial charge in [-0.25, -0.2) is 4.39 Å². The maximum Gasteiger partial charge on any atom is 0.268 e. The third-order valence-corrected chi connectivity index (χ3v) is 5.96. The number of aliphatic hydroxyl groups is 1. The molecule has 33 heavy (non-hydrogen) atoms. The summed E-state index contributed by atoms with van der Waals surface area (Å²) in [7, 11) is 0. The zero-order valence-corrected chi connectivity index (χ0v) is 20.1. The summed E-state index contributed by atoms with van der Waals surface area (Å²) in [6.45, 7) is 4.21. The minimum absolute atomic E-state index is 0.208. The van der Waals surface area contributed by atoms with Crippen LogP contribution in [0.3, 0.4) is 0 Å². The Kier molecular flexibility index (Phi) is 11.9. The smallest absolute Gasteiger partial charge is 0.268 e. The third-order valence-electron chi connectivity index (χ3n) is 5.96. The Morgan fingerprint density at radius 1 is 0.970 bits per heavy atom. The SMILES string of the molecule is CCCCCCCCCCCCCNC(=O)[C@@H](NC(=O)c1cc2cc(F)ccc2[nH]1)[C@@H](C)O. The second kappa shape index (κ2) is 14.7. The van der Waals surface area contributed by atoms with Gasteiger partial charge in [-0.2, -0.15) is 0 Å². The lowest BCUT2D eigenvalue weighted by atomic mass is 10.1. The lowest BCUT2D eigenvalue weighted by Gasteiger charge is -2.20. The normalized spacial score (nSPS) is 13.1. The van der Waals surface area contributed by atoms with Crippen molar-refractivity contribution < 1.29 is 19.1 Å². The molecule has 0 radical (unpaired) electrons. The average molecular weight is 462 g/mol. The average Bonchev–Trinajstić information content (AvgIpc) is 3.21. The van der Waals surface area contributed by atoms with Crippen LogP contribution in [0.15, 0.2) is 24.3 Å². The maximum atomic E-state index is 13.4. The number of carbonyl (C=O) groups is 2. The molecule has 0 aliphatic heterocycles. The van der Waals surface area contributed by atoms with E-state index in [1.54, 1.807) is 6.07 Å². The van der Waals surface area contributed by atoms with Crippen molar-refractivity contribution >= 4 is 22.7 Å². The van der Waals surface area contributed by atoms with Crippen LogP contribution >= 0.6 is 0 Å². The molecule has 0 saturated heterocycles. The molecule has 0 aliphatic carbocycles. The van der Waals surface area contributed by atoms with Gasteiger partial charge in [-0.3, -0.25) is 9.59 Å². The first-order valence-corrected chi connectivity index (χ1v) is 12.5. The van der Waals surface area contributed by atoms with Gasteiger partial charge in [0.2, 0.25) is 5.91 Å². The van der Waals surface area contributed by atoms with E-state index in [1.807, 2.05) is 0 Å². The van der Waals surface area contributed by atoms with Crippen LogP contribution in [0, 0.1) is 5.82 Å². The quantitative estimate of drug-likeness (QED) is 0.258. The molecule has 4 N–H and O–H groups in total. The number of rotatable bonds is 16. The van der Waals surface area contributed by atoms with Gasteiger partial charge in [-0.15, -0.1) is 0 Å². The molecule has 184 valence electrons. The monoisotopic (exact) mass is 461 g/mol. The number of H-pyrrole nitrogens is 1. The molecule has 0 spiro atoms. The largest absolute Gasteiger partial charge is 0.391 e. The first-order valence-electron chi connectivity index (χ1n) is 12.5. The number of hydrogen-bond acceptors (Lipinski definition) is 3. The summed E-state index contributed by atoms with van der Waals surface area (Å²) < 4.78 is 13.4. The van der Waals surface area contributed by atoms with Crippen LogP contribution in [0.2, 0.25) is 0 Å². The van der Waals surface area contributed by atoms with E-state index in [2.05, 4.69) is 22.5 Å². The summed E-state index contributed by atoms with van der Waals surface area (Å²) in [5.74, 6) is -1.33. The predicted octanol–water partition coefficient (Wildman–Crippen LogP) is 5.21. The van der Waals surface area contributed by atoms with Crippen LogP contribution in [-0.2, 0) is 4.79 Å². The van der Waals surface area contributed by atoms with Crippen molar-refractivity contribution in [3.63, 3.8) is 0 Å². The Hall–Kier alpha value is -2.41. The van der Waals surface area contributed by atoms with E-state index >= 15 is 0 Å². The fraction of sp³-hybridized carbons (Fsp3) is 0.615. The first-order chi connectivity index (χ1) is 15.9. The van der Waals surface area contributed by atoms with E-state index in [-0.39, 0.29) is 5.69 Å². The standard InChI is InChI=1S/C26H40FN3O3/c1-3-4-5-6-7-8-9-10-11-12-13-16-28-26(33)24(19(2)31)30-25(32)23-18-20-17-21(27)14-15-22(20)29-23/h14-15,17-19,24,29,31H,3-13,16H2,1-2H3,(H,28,33)(H,30,32)/t19-,24+/m1/s1. The zero-order chi connectivity index (χ0) is 24.1. The van der Waals surface area contributed by atoms with Gasteiger partial charge in [0.05, 0.1) is 6.10 Å². The molecule has 1 heterocycles. The number of hydrogen-bond donors (Lipinski definition) is 4. The fourth-order valence-electron chi connectivity index (χ4n) is 3.96. The number of halogens is 1. The van der Waals surface area contributed by atoms with Crippen molar-refractivity contribution in [3.05, 3.63) is 35.8 Å². The molecule has 0 unspecified atom stereocenters. The highest BCUT2D eigenvalue weighted by Crippen LogP contribution is 2.17. The number of aromatic amines is 1. The number of carbonyl (C=O) groups excluding carboxylic acids is 2. The summed E-state index contributed by atoms with van der Waals surface area (Å²) in [6, 6.07) is 4.65. The van der Waals surface area contributed by atoms with Crippen LogP contribution < -0.4 is 10.6 Å². The van der Waals surface area contributed by atoms with Gasteiger partial charge in [-0.1, -0.05) is 71.1 Å². The van der Waals surface area contributed by atoms with Gasteiger partial charge < -0.3 is 20.7 Å². The van der Waals surface area contributed by atoms with E-state index in [4.69, 9.17) is 0 Å². The lowest BCUT2D eigenvalue weighted by Crippen LogP contribution is -2.52. The molecular weight excluding hydrogens is 421 g/mol. The Labute approximate surface area is 196 Å². The number of aliphatic hydroxyl groups excluding tert-OH is 1. The van der Waals surface area contributed by atoms with Crippen LogP contribution in [0.5, 0.6) is 0 Å². The number of benzene rings is 1. The Morgan fingerprint density at radius 3 is 2.18 bits per heavy atom. The molecule has 0 aliphatic rings. The van der Waals surface area contributed by atoms with Gasteiger partial charge in [-0.05, 0) is 37.6 Å². The van der Waals surface area contributed by atoms with Gasteiger partial charge >= 0.3 is 0 Å².